The van der Waals surface area contributed by atoms with E-state index >= 15 is 0 Å². The third kappa shape index (κ3) is 4.67. The number of nitrogens with zero attached hydrogens (tertiary/aromatic N) is 2. The summed E-state index contributed by atoms with van der Waals surface area (Å²) in [5.41, 5.74) is 4.71. The van der Waals surface area contributed by atoms with E-state index in [1.54, 1.807) is 18.7 Å². The van der Waals surface area contributed by atoms with Gasteiger partial charge in [0.25, 0.3) is 0 Å². The molecule has 0 spiro atoms. The largest absolute Gasteiger partial charge is 0.467 e. The third-order valence-electron chi connectivity index (χ3n) is 4.09. The minimum absolute atomic E-state index is 0.608. The van der Waals surface area contributed by atoms with Crippen LogP contribution in [0.1, 0.15) is 22.5 Å². The zero-order chi connectivity index (χ0) is 17.6. The first-order chi connectivity index (χ1) is 12.1. The van der Waals surface area contributed by atoms with E-state index in [0.717, 1.165) is 11.4 Å². The first-order valence-electron chi connectivity index (χ1n) is 8.16. The van der Waals surface area contributed by atoms with Crippen molar-refractivity contribution >= 4 is 23.0 Å². The molecule has 0 amide bonds. The first kappa shape index (κ1) is 17.2. The van der Waals surface area contributed by atoms with E-state index in [1.807, 2.05) is 24.3 Å². The molecule has 5 heteroatoms. The van der Waals surface area contributed by atoms with Crippen LogP contribution in [0.3, 0.4) is 0 Å². The Morgan fingerprint density at radius 1 is 1.08 bits per heavy atom. The summed E-state index contributed by atoms with van der Waals surface area (Å²) in [6, 6.07) is 14.1. The molecule has 0 saturated heterocycles. The van der Waals surface area contributed by atoms with Gasteiger partial charge in [0.1, 0.15) is 5.76 Å². The molecule has 3 aromatic rings. The molecule has 25 heavy (non-hydrogen) atoms. The molecule has 2 heterocycles. The van der Waals surface area contributed by atoms with Gasteiger partial charge >= 0.3 is 0 Å². The van der Waals surface area contributed by atoms with Gasteiger partial charge in [-0.05, 0) is 67.0 Å². The van der Waals surface area contributed by atoms with Crippen LogP contribution in [0.5, 0.6) is 0 Å². The minimum Gasteiger partial charge on any atom is -0.467 e. The summed E-state index contributed by atoms with van der Waals surface area (Å²) in [4.78, 5) is 6.13. The maximum atomic E-state index is 5.64. The Morgan fingerprint density at radius 2 is 1.88 bits per heavy atom. The molecule has 0 unspecified atom stereocenters. The number of rotatable bonds is 5. The van der Waals surface area contributed by atoms with E-state index in [-0.39, 0.29) is 0 Å². The summed E-state index contributed by atoms with van der Waals surface area (Å²) < 4.78 is 5.51. The van der Waals surface area contributed by atoms with Crippen LogP contribution in [-0.4, -0.2) is 15.0 Å². The van der Waals surface area contributed by atoms with Crippen LogP contribution in [0, 0.1) is 13.8 Å². The van der Waals surface area contributed by atoms with Gasteiger partial charge in [-0.1, -0.05) is 18.2 Å². The van der Waals surface area contributed by atoms with Crippen LogP contribution >= 0.6 is 12.2 Å². The Hall–Kier alpha value is -2.66. The number of furan rings is 1. The van der Waals surface area contributed by atoms with Gasteiger partial charge in [-0.3, -0.25) is 4.98 Å². The van der Waals surface area contributed by atoms with Gasteiger partial charge in [-0.2, -0.15) is 0 Å². The van der Waals surface area contributed by atoms with E-state index in [0.29, 0.717) is 18.2 Å². The van der Waals surface area contributed by atoms with Gasteiger partial charge < -0.3 is 14.6 Å². The lowest BCUT2D eigenvalue weighted by Crippen LogP contribution is -2.33. The number of nitrogens with one attached hydrogen (secondary N) is 1. The molecule has 0 aliphatic rings. The molecular weight excluding hydrogens is 330 g/mol. The molecule has 0 atom stereocenters. The van der Waals surface area contributed by atoms with E-state index < -0.39 is 0 Å². The monoisotopic (exact) mass is 351 g/mol. The van der Waals surface area contributed by atoms with Crippen molar-refractivity contribution in [3.63, 3.8) is 0 Å². The SMILES string of the molecule is Cc1ccc(CN(Cc2ccco2)C(=S)Nc2ccncc2)cc1C. The summed E-state index contributed by atoms with van der Waals surface area (Å²) in [6.07, 6.45) is 5.17. The molecule has 128 valence electrons. The number of hydrogen-bond acceptors (Lipinski definition) is 3. The molecule has 0 aliphatic carbocycles. The lowest BCUT2D eigenvalue weighted by molar-refractivity contribution is 0.360. The molecule has 0 bridgehead atoms. The predicted molar refractivity (Wildman–Crippen MR) is 104 cm³/mol. The molecule has 1 N–H and O–H groups in total. The Labute approximate surface area is 153 Å². The normalized spacial score (nSPS) is 10.5. The number of benzene rings is 1. The van der Waals surface area contributed by atoms with Crippen LogP contribution in [0.4, 0.5) is 5.69 Å². The van der Waals surface area contributed by atoms with Crippen molar-refractivity contribution < 1.29 is 4.42 Å². The summed E-state index contributed by atoms with van der Waals surface area (Å²) >= 11 is 5.64. The summed E-state index contributed by atoms with van der Waals surface area (Å²) in [7, 11) is 0. The van der Waals surface area contributed by atoms with Gasteiger partial charge in [0.05, 0.1) is 12.8 Å². The van der Waals surface area contributed by atoms with Crippen molar-refractivity contribution in [2.24, 2.45) is 0 Å². The lowest BCUT2D eigenvalue weighted by Gasteiger charge is -2.25. The smallest absolute Gasteiger partial charge is 0.174 e. The lowest BCUT2D eigenvalue weighted by atomic mass is 10.1. The third-order valence-corrected chi connectivity index (χ3v) is 4.45. The second-order valence-electron chi connectivity index (χ2n) is 6.02. The molecule has 0 fully saturated rings. The fourth-order valence-corrected chi connectivity index (χ4v) is 2.80. The van der Waals surface area contributed by atoms with Crippen molar-refractivity contribution in [1.82, 2.24) is 9.88 Å². The summed E-state index contributed by atoms with van der Waals surface area (Å²) in [5, 5.41) is 3.93. The highest BCUT2D eigenvalue weighted by Gasteiger charge is 2.13. The Kier molecular flexibility index (Phi) is 5.46. The highest BCUT2D eigenvalue weighted by Crippen LogP contribution is 2.16. The quantitative estimate of drug-likeness (QED) is 0.675. The Balaban J connectivity index is 1.78. The van der Waals surface area contributed by atoms with Gasteiger partial charge in [0.15, 0.2) is 5.11 Å². The van der Waals surface area contributed by atoms with Crippen molar-refractivity contribution in [3.05, 3.63) is 83.6 Å². The zero-order valence-electron chi connectivity index (χ0n) is 14.4. The molecular formula is C20H21N3OS. The summed E-state index contributed by atoms with van der Waals surface area (Å²) in [6.45, 7) is 5.56. The topological polar surface area (TPSA) is 41.3 Å². The minimum atomic E-state index is 0.608. The van der Waals surface area contributed by atoms with Crippen LogP contribution in [0.2, 0.25) is 0 Å². The zero-order valence-corrected chi connectivity index (χ0v) is 15.2. The highest BCUT2D eigenvalue weighted by molar-refractivity contribution is 7.80. The molecule has 1 aromatic carbocycles. The van der Waals surface area contributed by atoms with Crippen molar-refractivity contribution in [2.45, 2.75) is 26.9 Å². The standard InChI is InChI=1S/C20H21N3OS/c1-15-5-6-17(12-16(15)2)13-23(14-19-4-3-11-24-19)20(25)22-18-7-9-21-10-8-18/h3-12H,13-14H2,1-2H3,(H,21,22,25). The summed E-state index contributed by atoms with van der Waals surface area (Å²) in [5.74, 6) is 0.878. The van der Waals surface area contributed by atoms with Crippen molar-refractivity contribution in [2.75, 3.05) is 5.32 Å². The molecule has 3 rings (SSSR count). The predicted octanol–water partition coefficient (Wildman–Crippen LogP) is 4.69. The molecule has 0 radical (unpaired) electrons. The Morgan fingerprint density at radius 3 is 2.56 bits per heavy atom. The average molecular weight is 351 g/mol. The number of hydrogen-bond donors (Lipinski definition) is 1. The number of thiocarbonyl (C=S) groups is 1. The number of aryl methyl sites for hydroxylation is 2. The molecule has 2 aromatic heterocycles. The second kappa shape index (κ2) is 7.94. The fraction of sp³-hybridized carbons (Fsp3) is 0.200. The van der Waals surface area contributed by atoms with Crippen LogP contribution in [0.15, 0.2) is 65.5 Å². The van der Waals surface area contributed by atoms with E-state index in [4.69, 9.17) is 16.6 Å². The molecule has 0 saturated carbocycles. The number of aromatic nitrogens is 1. The van der Waals surface area contributed by atoms with Crippen LogP contribution in [-0.2, 0) is 13.1 Å². The van der Waals surface area contributed by atoms with Gasteiger partial charge in [0, 0.05) is 24.6 Å². The van der Waals surface area contributed by atoms with Gasteiger partial charge in [-0.25, -0.2) is 0 Å². The second-order valence-corrected chi connectivity index (χ2v) is 6.41. The average Bonchev–Trinajstić information content (AvgIpc) is 3.11. The van der Waals surface area contributed by atoms with E-state index in [1.165, 1.54) is 16.7 Å². The van der Waals surface area contributed by atoms with Gasteiger partial charge in [-0.15, -0.1) is 0 Å². The van der Waals surface area contributed by atoms with Crippen LogP contribution < -0.4 is 5.32 Å². The number of anilines is 1. The van der Waals surface area contributed by atoms with Crippen molar-refractivity contribution in [3.8, 4) is 0 Å². The van der Waals surface area contributed by atoms with E-state index in [9.17, 15) is 0 Å². The maximum Gasteiger partial charge on any atom is 0.174 e. The van der Waals surface area contributed by atoms with Gasteiger partial charge in [0.2, 0.25) is 0 Å². The highest BCUT2D eigenvalue weighted by atomic mass is 32.1. The van der Waals surface area contributed by atoms with Crippen LogP contribution in [0.25, 0.3) is 0 Å². The number of pyridine rings is 1. The molecule has 4 nitrogen and oxygen atoms in total. The first-order valence-corrected chi connectivity index (χ1v) is 8.57. The van der Waals surface area contributed by atoms with Crippen molar-refractivity contribution in [1.29, 1.82) is 0 Å². The molecule has 0 aliphatic heterocycles. The maximum absolute atomic E-state index is 5.64. The van der Waals surface area contributed by atoms with E-state index in [2.05, 4.69) is 47.2 Å². The Bertz CT molecular complexity index is 831. The fourth-order valence-electron chi connectivity index (χ4n) is 2.55.